The zero-order chi connectivity index (χ0) is 7.40. The molecule has 1 aliphatic carbocycles. The van der Waals surface area contributed by atoms with Crippen LogP contribution in [0.25, 0.3) is 0 Å². The van der Waals surface area contributed by atoms with E-state index in [9.17, 15) is 0 Å². The van der Waals surface area contributed by atoms with Crippen LogP contribution in [0.2, 0.25) is 0 Å². The maximum absolute atomic E-state index is 5.74. The molecule has 0 fully saturated rings. The van der Waals surface area contributed by atoms with E-state index in [1.165, 1.54) is 0 Å². The van der Waals surface area contributed by atoms with Crippen molar-refractivity contribution in [3.05, 3.63) is 23.9 Å². The first-order chi connectivity index (χ1) is 4.84. The lowest BCUT2D eigenvalue weighted by Crippen LogP contribution is -2.37. The Bertz CT molecular complexity index is 160. The minimum Gasteiger partial charge on any atom is -0.324 e. The first-order valence-corrected chi connectivity index (χ1v) is 3.39. The molecule has 0 unspecified atom stereocenters. The summed E-state index contributed by atoms with van der Waals surface area (Å²) < 4.78 is 0. The maximum atomic E-state index is 5.74. The van der Waals surface area contributed by atoms with Gasteiger partial charge in [-0.2, -0.15) is 0 Å². The number of hydrogen-bond donors (Lipinski definition) is 3. The van der Waals surface area contributed by atoms with Gasteiger partial charge in [-0.1, -0.05) is 12.2 Å². The van der Waals surface area contributed by atoms with Gasteiger partial charge in [0.05, 0.1) is 0 Å². The van der Waals surface area contributed by atoms with Crippen LogP contribution in [0.15, 0.2) is 23.9 Å². The molecule has 1 rings (SSSR count). The van der Waals surface area contributed by atoms with Gasteiger partial charge in [-0.15, -0.1) is 0 Å². The van der Waals surface area contributed by atoms with E-state index in [0.29, 0.717) is 0 Å². The summed E-state index contributed by atoms with van der Waals surface area (Å²) in [5.41, 5.74) is 12.6. The average molecular weight is 139 g/mol. The van der Waals surface area contributed by atoms with E-state index in [0.717, 1.165) is 12.1 Å². The molecular weight excluding hydrogens is 126 g/mol. The molecule has 0 aromatic rings. The van der Waals surface area contributed by atoms with Crippen LogP contribution in [0.3, 0.4) is 0 Å². The third-order valence-corrected chi connectivity index (χ3v) is 1.47. The fourth-order valence-corrected chi connectivity index (χ4v) is 0.926. The van der Waals surface area contributed by atoms with Gasteiger partial charge in [-0.3, -0.25) is 0 Å². The van der Waals surface area contributed by atoms with E-state index >= 15 is 0 Å². The predicted octanol–water partition coefficient (Wildman–Crippen LogP) is -0.119. The molecule has 0 aromatic carbocycles. The van der Waals surface area contributed by atoms with E-state index in [4.69, 9.17) is 5.73 Å². The second-order valence-electron chi connectivity index (χ2n) is 2.27. The minimum atomic E-state index is 0.123. The fraction of sp³-hybridized carbons (Fsp3) is 0.429. The highest BCUT2D eigenvalue weighted by Gasteiger charge is 2.07. The smallest absolute Gasteiger partial charge is 0.0493 e. The minimum absolute atomic E-state index is 0.123. The maximum Gasteiger partial charge on any atom is 0.0493 e. The third-order valence-electron chi connectivity index (χ3n) is 1.47. The van der Waals surface area contributed by atoms with Crippen molar-refractivity contribution >= 4 is 0 Å². The normalized spacial score (nSPS) is 24.2. The van der Waals surface area contributed by atoms with E-state index in [1.54, 1.807) is 0 Å². The van der Waals surface area contributed by atoms with E-state index in [1.807, 2.05) is 19.2 Å². The Balaban J connectivity index is 2.52. The Kier molecular flexibility index (Phi) is 2.48. The molecule has 0 saturated carbocycles. The van der Waals surface area contributed by atoms with Crippen molar-refractivity contribution < 1.29 is 0 Å². The van der Waals surface area contributed by atoms with Crippen LogP contribution in [0, 0.1) is 0 Å². The van der Waals surface area contributed by atoms with Crippen LogP contribution < -0.4 is 16.6 Å². The summed E-state index contributed by atoms with van der Waals surface area (Å²) >= 11 is 0. The molecule has 0 aliphatic heterocycles. The van der Waals surface area contributed by atoms with Crippen LogP contribution in [-0.2, 0) is 0 Å². The Morgan fingerprint density at radius 1 is 1.70 bits per heavy atom. The van der Waals surface area contributed by atoms with E-state index < -0.39 is 0 Å². The molecule has 0 aromatic heterocycles. The monoisotopic (exact) mass is 139 g/mol. The number of nitrogens with one attached hydrogen (secondary N) is 2. The number of hydrogen-bond acceptors (Lipinski definition) is 3. The van der Waals surface area contributed by atoms with Crippen molar-refractivity contribution in [3.8, 4) is 0 Å². The first kappa shape index (κ1) is 7.31. The van der Waals surface area contributed by atoms with Gasteiger partial charge in [-0.05, 0) is 12.5 Å². The Hall–Kier alpha value is -0.800. The molecule has 0 saturated heterocycles. The Morgan fingerprint density at radius 3 is 3.10 bits per heavy atom. The highest BCUT2D eigenvalue weighted by molar-refractivity contribution is 5.21. The van der Waals surface area contributed by atoms with Crippen molar-refractivity contribution in [2.45, 2.75) is 12.5 Å². The van der Waals surface area contributed by atoms with Gasteiger partial charge >= 0.3 is 0 Å². The third kappa shape index (κ3) is 1.59. The molecule has 0 bridgehead atoms. The van der Waals surface area contributed by atoms with Crippen molar-refractivity contribution in [1.29, 1.82) is 0 Å². The summed E-state index contributed by atoms with van der Waals surface area (Å²) in [4.78, 5) is 0. The van der Waals surface area contributed by atoms with Crippen molar-refractivity contribution in [2.24, 2.45) is 5.73 Å². The lowest BCUT2D eigenvalue weighted by molar-refractivity contribution is 0.607. The van der Waals surface area contributed by atoms with Gasteiger partial charge in [0.2, 0.25) is 0 Å². The van der Waals surface area contributed by atoms with Gasteiger partial charge in [0.1, 0.15) is 0 Å². The highest BCUT2D eigenvalue weighted by Crippen LogP contribution is 2.06. The molecule has 3 heteroatoms. The standard InChI is InChI=1S/C7H13N3/c1-9-10-7-5-3-2-4-6(7)8/h2-3,5-6,9-10H,4,8H2,1H3/t6-/m1/s1. The Labute approximate surface area is 61.0 Å². The van der Waals surface area contributed by atoms with Gasteiger partial charge in [-0.25, -0.2) is 5.43 Å². The molecule has 0 heterocycles. The van der Waals surface area contributed by atoms with E-state index in [2.05, 4.69) is 16.9 Å². The fourth-order valence-electron chi connectivity index (χ4n) is 0.926. The van der Waals surface area contributed by atoms with Crippen LogP contribution in [0.4, 0.5) is 0 Å². The zero-order valence-corrected chi connectivity index (χ0v) is 6.09. The van der Waals surface area contributed by atoms with Crippen molar-refractivity contribution in [3.63, 3.8) is 0 Å². The van der Waals surface area contributed by atoms with Crippen molar-refractivity contribution in [2.75, 3.05) is 7.05 Å². The second kappa shape index (κ2) is 3.39. The second-order valence-corrected chi connectivity index (χ2v) is 2.27. The summed E-state index contributed by atoms with van der Waals surface area (Å²) in [7, 11) is 1.83. The van der Waals surface area contributed by atoms with Crippen LogP contribution in [0.5, 0.6) is 0 Å². The lowest BCUT2D eigenvalue weighted by atomic mass is 10.1. The molecule has 1 atom stereocenters. The van der Waals surface area contributed by atoms with Gasteiger partial charge < -0.3 is 11.2 Å². The summed E-state index contributed by atoms with van der Waals surface area (Å²) in [5, 5.41) is 0. The van der Waals surface area contributed by atoms with Crippen LogP contribution >= 0.6 is 0 Å². The van der Waals surface area contributed by atoms with Crippen LogP contribution in [0.1, 0.15) is 6.42 Å². The quantitative estimate of drug-likeness (QED) is 0.467. The van der Waals surface area contributed by atoms with Crippen molar-refractivity contribution in [1.82, 2.24) is 10.9 Å². The highest BCUT2D eigenvalue weighted by atomic mass is 15.3. The topological polar surface area (TPSA) is 50.1 Å². The molecule has 0 spiro atoms. The largest absolute Gasteiger partial charge is 0.324 e. The van der Waals surface area contributed by atoms with Crippen LogP contribution in [-0.4, -0.2) is 13.1 Å². The molecule has 56 valence electrons. The zero-order valence-electron chi connectivity index (χ0n) is 6.09. The molecule has 1 aliphatic rings. The molecule has 0 amide bonds. The number of hydrazine groups is 1. The summed E-state index contributed by atoms with van der Waals surface area (Å²) in [6.07, 6.45) is 6.96. The molecule has 4 N–H and O–H groups in total. The number of nitrogens with two attached hydrogens (primary N) is 1. The van der Waals surface area contributed by atoms with E-state index in [-0.39, 0.29) is 6.04 Å². The Morgan fingerprint density at radius 2 is 2.50 bits per heavy atom. The number of rotatable bonds is 2. The molecule has 0 radical (unpaired) electrons. The summed E-state index contributed by atoms with van der Waals surface area (Å²) in [6, 6.07) is 0.123. The SMILES string of the molecule is CNNC1=CC=CC[C@H]1N. The average Bonchev–Trinajstić information content (AvgIpc) is 1.94. The number of allylic oxidation sites excluding steroid dienone is 2. The van der Waals surface area contributed by atoms with Gasteiger partial charge in [0.15, 0.2) is 0 Å². The summed E-state index contributed by atoms with van der Waals surface area (Å²) in [5.74, 6) is 0. The molecule has 3 nitrogen and oxygen atoms in total. The summed E-state index contributed by atoms with van der Waals surface area (Å²) in [6.45, 7) is 0. The molecule has 10 heavy (non-hydrogen) atoms. The first-order valence-electron chi connectivity index (χ1n) is 3.39. The van der Waals surface area contributed by atoms with Gasteiger partial charge in [0, 0.05) is 18.8 Å². The van der Waals surface area contributed by atoms with Gasteiger partial charge in [0.25, 0.3) is 0 Å². The molecular formula is C7H13N3. The lowest BCUT2D eigenvalue weighted by Gasteiger charge is -2.17. The predicted molar refractivity (Wildman–Crippen MR) is 42.0 cm³/mol.